The molecule has 0 bridgehead atoms. The van der Waals surface area contributed by atoms with Crippen LogP contribution >= 0.6 is 0 Å². The predicted molar refractivity (Wildman–Crippen MR) is 111 cm³/mol. The van der Waals surface area contributed by atoms with E-state index in [9.17, 15) is 0 Å². The van der Waals surface area contributed by atoms with E-state index in [0.29, 0.717) is 6.61 Å². The minimum Gasteiger partial charge on any atom is -0.489 e. The van der Waals surface area contributed by atoms with Gasteiger partial charge in [0.1, 0.15) is 12.4 Å². The van der Waals surface area contributed by atoms with Crippen LogP contribution in [0.2, 0.25) is 0 Å². The normalized spacial score (nSPS) is 9.60. The molecule has 0 spiro atoms. The highest BCUT2D eigenvalue weighted by Crippen LogP contribution is 2.14. The van der Waals surface area contributed by atoms with E-state index < -0.39 is 0 Å². The van der Waals surface area contributed by atoms with Gasteiger partial charge in [0.25, 0.3) is 0 Å². The largest absolute Gasteiger partial charge is 0.489 e. The lowest BCUT2D eigenvalue weighted by molar-refractivity contribution is 0.305. The first-order valence-electron chi connectivity index (χ1n) is 9.47. The third-order valence-electron chi connectivity index (χ3n) is 3.42. The Labute approximate surface area is 155 Å². The molecular formula is C23H37NO. The van der Waals surface area contributed by atoms with Crippen molar-refractivity contribution in [3.8, 4) is 5.75 Å². The highest BCUT2D eigenvalue weighted by atomic mass is 16.5. The first kappa shape index (κ1) is 23.2. The minimum absolute atomic E-state index is 0.615. The van der Waals surface area contributed by atoms with Gasteiger partial charge in [0.15, 0.2) is 0 Å². The molecular weight excluding hydrogens is 306 g/mol. The van der Waals surface area contributed by atoms with Crippen LogP contribution in [0.5, 0.6) is 5.75 Å². The quantitative estimate of drug-likeness (QED) is 0.596. The number of aryl methyl sites for hydroxylation is 1. The minimum atomic E-state index is 0.615. The highest BCUT2D eigenvalue weighted by molar-refractivity contribution is 5.27. The molecule has 0 saturated heterocycles. The summed E-state index contributed by atoms with van der Waals surface area (Å²) < 4.78 is 5.79. The van der Waals surface area contributed by atoms with Crippen LogP contribution in [0.15, 0.2) is 48.5 Å². The zero-order valence-corrected chi connectivity index (χ0v) is 17.3. The van der Waals surface area contributed by atoms with Crippen molar-refractivity contribution in [3.63, 3.8) is 0 Å². The smallest absolute Gasteiger partial charge is 0.119 e. The Morgan fingerprint density at radius 1 is 0.840 bits per heavy atom. The zero-order chi connectivity index (χ0) is 19.1. The maximum Gasteiger partial charge on any atom is 0.119 e. The van der Waals surface area contributed by atoms with Crippen molar-refractivity contribution >= 4 is 0 Å². The van der Waals surface area contributed by atoms with Gasteiger partial charge in [0.2, 0.25) is 0 Å². The Morgan fingerprint density at radius 2 is 1.40 bits per heavy atom. The van der Waals surface area contributed by atoms with Crippen molar-refractivity contribution in [1.29, 1.82) is 0 Å². The Kier molecular flexibility index (Phi) is 13.5. The number of hydrogen-bond donors (Lipinski definition) is 0. The first-order valence-corrected chi connectivity index (χ1v) is 9.47. The van der Waals surface area contributed by atoms with Crippen LogP contribution < -0.4 is 4.74 Å². The van der Waals surface area contributed by atoms with Crippen molar-refractivity contribution in [2.75, 3.05) is 14.1 Å². The SMILES string of the molecule is CC.CCCC.Cc1ccc(OCc2cccc(CN(C)C)c2)cc1. The number of rotatable bonds is 6. The van der Waals surface area contributed by atoms with E-state index in [2.05, 4.69) is 76.2 Å². The molecule has 0 saturated carbocycles. The summed E-state index contributed by atoms with van der Waals surface area (Å²) in [6.45, 7) is 12.0. The standard InChI is InChI=1S/C17H21NO.C4H10.C2H6/c1-14-7-9-17(10-8-14)19-13-16-6-4-5-15(11-16)12-18(2)3;1-3-4-2;1-2/h4-11H,12-13H2,1-3H3;3-4H2,1-2H3;1-2H3. The Morgan fingerprint density at radius 3 is 1.92 bits per heavy atom. The van der Waals surface area contributed by atoms with Crippen molar-refractivity contribution in [3.05, 3.63) is 65.2 Å². The monoisotopic (exact) mass is 343 g/mol. The van der Waals surface area contributed by atoms with E-state index >= 15 is 0 Å². The second kappa shape index (κ2) is 14.5. The molecule has 2 aromatic carbocycles. The Hall–Kier alpha value is -1.80. The molecule has 0 N–H and O–H groups in total. The third kappa shape index (κ3) is 11.4. The third-order valence-corrected chi connectivity index (χ3v) is 3.42. The molecule has 2 heteroatoms. The molecule has 0 aliphatic carbocycles. The topological polar surface area (TPSA) is 12.5 Å². The van der Waals surface area contributed by atoms with E-state index in [1.54, 1.807) is 0 Å². The number of unbranched alkanes of at least 4 members (excludes halogenated alkanes) is 1. The van der Waals surface area contributed by atoms with Gasteiger partial charge in [-0.15, -0.1) is 0 Å². The average Bonchev–Trinajstić information content (AvgIpc) is 2.63. The molecule has 0 aliphatic heterocycles. The first-order chi connectivity index (χ1) is 12.0. The van der Waals surface area contributed by atoms with E-state index in [4.69, 9.17) is 4.74 Å². The van der Waals surface area contributed by atoms with Gasteiger partial charge < -0.3 is 9.64 Å². The fourth-order valence-electron chi connectivity index (χ4n) is 1.98. The lowest BCUT2D eigenvalue weighted by Crippen LogP contribution is -2.10. The predicted octanol–water partition coefficient (Wildman–Crippen LogP) is 6.47. The summed E-state index contributed by atoms with van der Waals surface area (Å²) in [4.78, 5) is 2.17. The van der Waals surface area contributed by atoms with E-state index in [1.807, 2.05) is 26.0 Å². The van der Waals surface area contributed by atoms with E-state index in [1.165, 1.54) is 29.5 Å². The van der Waals surface area contributed by atoms with Gasteiger partial charge in [-0.2, -0.15) is 0 Å². The lowest BCUT2D eigenvalue weighted by atomic mass is 10.1. The van der Waals surface area contributed by atoms with Crippen LogP contribution in [0.4, 0.5) is 0 Å². The van der Waals surface area contributed by atoms with E-state index in [-0.39, 0.29) is 0 Å². The van der Waals surface area contributed by atoms with Crippen LogP contribution in [-0.2, 0) is 13.2 Å². The van der Waals surface area contributed by atoms with Gasteiger partial charge in [0, 0.05) is 6.54 Å². The molecule has 0 unspecified atom stereocenters. The molecule has 0 aliphatic rings. The molecule has 0 fully saturated rings. The molecule has 0 radical (unpaired) electrons. The lowest BCUT2D eigenvalue weighted by Gasteiger charge is -2.11. The maximum atomic E-state index is 5.79. The number of nitrogens with zero attached hydrogens (tertiary/aromatic N) is 1. The summed E-state index contributed by atoms with van der Waals surface area (Å²) in [5.41, 5.74) is 3.77. The van der Waals surface area contributed by atoms with Gasteiger partial charge in [-0.3, -0.25) is 0 Å². The number of benzene rings is 2. The summed E-state index contributed by atoms with van der Waals surface area (Å²) in [5.74, 6) is 0.920. The summed E-state index contributed by atoms with van der Waals surface area (Å²) in [5, 5.41) is 0. The number of ether oxygens (including phenoxy) is 1. The zero-order valence-electron chi connectivity index (χ0n) is 17.3. The van der Waals surface area contributed by atoms with Crippen LogP contribution in [0, 0.1) is 6.92 Å². The summed E-state index contributed by atoms with van der Waals surface area (Å²) >= 11 is 0. The summed E-state index contributed by atoms with van der Waals surface area (Å²) in [6, 6.07) is 16.7. The van der Waals surface area contributed by atoms with Crippen molar-refractivity contribution in [1.82, 2.24) is 4.90 Å². The van der Waals surface area contributed by atoms with E-state index in [0.717, 1.165) is 12.3 Å². The molecule has 0 heterocycles. The molecule has 0 amide bonds. The van der Waals surface area contributed by atoms with Gasteiger partial charge in [0.05, 0.1) is 0 Å². The molecule has 2 nitrogen and oxygen atoms in total. The van der Waals surface area contributed by atoms with Crippen molar-refractivity contribution < 1.29 is 4.74 Å². The summed E-state index contributed by atoms with van der Waals surface area (Å²) in [7, 11) is 4.16. The fourth-order valence-corrected chi connectivity index (χ4v) is 1.98. The van der Waals surface area contributed by atoms with Crippen LogP contribution in [0.3, 0.4) is 0 Å². The molecule has 0 aromatic heterocycles. The van der Waals surface area contributed by atoms with Gasteiger partial charge in [-0.25, -0.2) is 0 Å². The molecule has 2 rings (SSSR count). The van der Waals surface area contributed by atoms with Crippen molar-refractivity contribution in [2.45, 2.75) is 60.6 Å². The molecule has 0 atom stereocenters. The second-order valence-electron chi connectivity index (χ2n) is 6.16. The van der Waals surface area contributed by atoms with Crippen LogP contribution in [0.1, 0.15) is 57.2 Å². The van der Waals surface area contributed by atoms with Gasteiger partial charge in [-0.05, 0) is 44.3 Å². The van der Waals surface area contributed by atoms with Crippen molar-refractivity contribution in [2.24, 2.45) is 0 Å². The maximum absolute atomic E-state index is 5.79. The number of hydrogen-bond acceptors (Lipinski definition) is 2. The summed E-state index contributed by atoms with van der Waals surface area (Å²) in [6.07, 6.45) is 2.64. The molecule has 140 valence electrons. The highest BCUT2D eigenvalue weighted by Gasteiger charge is 1.99. The Balaban J connectivity index is 0.000000845. The second-order valence-corrected chi connectivity index (χ2v) is 6.16. The Bertz CT molecular complexity index is 544. The van der Waals surface area contributed by atoms with Crippen LogP contribution in [-0.4, -0.2) is 19.0 Å². The van der Waals surface area contributed by atoms with Gasteiger partial charge >= 0.3 is 0 Å². The van der Waals surface area contributed by atoms with Crippen LogP contribution in [0.25, 0.3) is 0 Å². The fraction of sp³-hybridized carbons (Fsp3) is 0.478. The van der Waals surface area contributed by atoms with Gasteiger partial charge in [-0.1, -0.05) is 82.5 Å². The molecule has 2 aromatic rings. The average molecular weight is 344 g/mol. The molecule has 25 heavy (non-hydrogen) atoms.